The molecule has 0 fully saturated rings. The molecule has 3 nitrogen and oxygen atoms in total. The number of rotatable bonds is 21. The number of likely N-dealkylation sites (N-methyl/N-ethyl adjacent to an activating group) is 1. The third-order valence-electron chi connectivity index (χ3n) is 6.81. The predicted molar refractivity (Wildman–Crippen MR) is 129 cm³/mol. The van der Waals surface area contributed by atoms with Gasteiger partial charge in [0.1, 0.15) is 13.1 Å². The van der Waals surface area contributed by atoms with Crippen LogP contribution in [0.2, 0.25) is 0 Å². The van der Waals surface area contributed by atoms with Crippen molar-refractivity contribution < 1.29 is 9.59 Å². The molecule has 0 spiro atoms. The fraction of sp³-hybridized carbons (Fsp3) is 0.885. The maximum atomic E-state index is 9.39. The van der Waals surface area contributed by atoms with Crippen molar-refractivity contribution in [1.82, 2.24) is 0 Å². The van der Waals surface area contributed by atoms with Gasteiger partial charge in [-0.1, -0.05) is 89.5 Å². The third-order valence-corrected chi connectivity index (χ3v) is 6.81. The molecule has 0 saturated carbocycles. The summed E-state index contributed by atoms with van der Waals surface area (Å²) in [6.07, 6.45) is 25.4. The summed E-state index contributed by atoms with van der Waals surface area (Å²) in [4.78, 5) is 4.76. The first-order valence-corrected chi connectivity index (χ1v) is 12.9. The second kappa shape index (κ2) is 18.1. The lowest BCUT2D eigenvalue weighted by Crippen LogP contribution is -2.52. The van der Waals surface area contributed by atoms with Gasteiger partial charge in [-0.15, -0.1) is 6.58 Å². The fourth-order valence-corrected chi connectivity index (χ4v) is 4.77. The number of allylic oxidation sites excluding steroid dienone is 1. The number of aliphatic hydroxyl groups excluding tert-OH is 1. The summed E-state index contributed by atoms with van der Waals surface area (Å²) in [5.74, 6) is 1.36. The van der Waals surface area contributed by atoms with Crippen LogP contribution in [0.25, 0.3) is 0 Å². The van der Waals surface area contributed by atoms with Crippen LogP contribution in [0.15, 0.2) is 17.6 Å². The Morgan fingerprint density at radius 1 is 0.828 bits per heavy atom. The summed E-state index contributed by atoms with van der Waals surface area (Å²) >= 11 is 0. The van der Waals surface area contributed by atoms with Crippen molar-refractivity contribution in [2.45, 2.75) is 116 Å². The molecule has 0 aromatic carbocycles. The highest BCUT2D eigenvalue weighted by atomic mass is 16.3. The van der Waals surface area contributed by atoms with Gasteiger partial charge in [-0.05, 0) is 26.2 Å². The molecule has 1 aliphatic rings. The first kappa shape index (κ1) is 26.4. The van der Waals surface area contributed by atoms with Gasteiger partial charge in [0.25, 0.3) is 0 Å². The molecule has 1 atom stereocenters. The molecule has 0 saturated heterocycles. The largest absolute Gasteiger partial charge is 0.390 e. The molecular formula is C26H51N2O+. The lowest BCUT2D eigenvalue weighted by Gasteiger charge is -2.33. The highest BCUT2D eigenvalue weighted by Gasteiger charge is 2.35. The van der Waals surface area contributed by atoms with Crippen LogP contribution in [0, 0.1) is 0 Å². The van der Waals surface area contributed by atoms with E-state index in [1.54, 1.807) is 0 Å². The van der Waals surface area contributed by atoms with E-state index in [0.29, 0.717) is 0 Å². The van der Waals surface area contributed by atoms with Crippen LogP contribution in [0.1, 0.15) is 116 Å². The zero-order chi connectivity index (χ0) is 21.0. The van der Waals surface area contributed by atoms with Crippen molar-refractivity contribution >= 4 is 5.84 Å². The van der Waals surface area contributed by atoms with Gasteiger partial charge in [0, 0.05) is 6.42 Å². The number of amidine groups is 1. The van der Waals surface area contributed by atoms with E-state index in [9.17, 15) is 5.11 Å². The van der Waals surface area contributed by atoms with Crippen LogP contribution >= 0.6 is 0 Å². The van der Waals surface area contributed by atoms with Gasteiger partial charge in [-0.2, -0.15) is 0 Å². The molecule has 0 aromatic rings. The molecule has 1 rings (SSSR count). The first-order chi connectivity index (χ1) is 14.3. The maximum Gasteiger partial charge on any atom is 0.198 e. The average Bonchev–Trinajstić information content (AvgIpc) is 3.13. The summed E-state index contributed by atoms with van der Waals surface area (Å²) < 4.78 is 0.950. The van der Waals surface area contributed by atoms with E-state index in [2.05, 4.69) is 13.5 Å². The quantitative estimate of drug-likeness (QED) is 0.123. The highest BCUT2D eigenvalue weighted by molar-refractivity contribution is 5.76. The molecular weight excluding hydrogens is 356 g/mol. The van der Waals surface area contributed by atoms with Gasteiger partial charge in [0.05, 0.1) is 19.7 Å². The minimum absolute atomic E-state index is 0.281. The summed E-state index contributed by atoms with van der Waals surface area (Å²) in [5.41, 5.74) is 0. The SMILES string of the molecule is C=CCCCCCCCCCCCCCCCCCC1=NCC[N+]1(CC)CCO. The number of nitrogens with zero attached hydrogens (tertiary/aromatic N) is 2. The summed E-state index contributed by atoms with van der Waals surface area (Å²) in [6.45, 7) is 10.3. The molecule has 0 radical (unpaired) electrons. The molecule has 29 heavy (non-hydrogen) atoms. The molecule has 1 aliphatic heterocycles. The number of aliphatic imine (C=N–C) groups is 1. The summed E-state index contributed by atoms with van der Waals surface area (Å²) in [7, 11) is 0. The van der Waals surface area contributed by atoms with Gasteiger partial charge in [0.15, 0.2) is 5.84 Å². The van der Waals surface area contributed by atoms with Crippen molar-refractivity contribution in [3.63, 3.8) is 0 Å². The molecule has 0 aliphatic carbocycles. The summed E-state index contributed by atoms with van der Waals surface area (Å²) in [6, 6.07) is 0. The van der Waals surface area contributed by atoms with Gasteiger partial charge in [0.2, 0.25) is 0 Å². The van der Waals surface area contributed by atoms with E-state index in [1.807, 2.05) is 6.08 Å². The Balaban J connectivity index is 1.84. The second-order valence-corrected chi connectivity index (χ2v) is 9.06. The van der Waals surface area contributed by atoms with Crippen molar-refractivity contribution in [2.75, 3.05) is 32.8 Å². The Bertz CT molecular complexity index is 421. The van der Waals surface area contributed by atoms with Crippen LogP contribution in [0.5, 0.6) is 0 Å². The maximum absolute atomic E-state index is 9.39. The fourth-order valence-electron chi connectivity index (χ4n) is 4.77. The molecule has 0 amide bonds. The standard InChI is InChI=1S/C26H51N2O/c1-3-5-6-7-8-9-10-11-12-13-14-15-16-17-18-19-20-21-26-27-22-23-28(26,4-2)24-25-29/h3,29H,1,4-25H2,2H3/q+1. The highest BCUT2D eigenvalue weighted by Crippen LogP contribution is 2.20. The van der Waals surface area contributed by atoms with Gasteiger partial charge in [-0.3, -0.25) is 4.48 Å². The number of hydrogen-bond donors (Lipinski definition) is 1. The number of hydrogen-bond acceptors (Lipinski definition) is 2. The molecule has 170 valence electrons. The number of aliphatic hydroxyl groups is 1. The topological polar surface area (TPSA) is 32.6 Å². The van der Waals surface area contributed by atoms with Gasteiger partial charge >= 0.3 is 0 Å². The lowest BCUT2D eigenvalue weighted by atomic mass is 10.0. The number of quaternary nitrogens is 1. The van der Waals surface area contributed by atoms with Crippen LogP contribution in [0.4, 0.5) is 0 Å². The van der Waals surface area contributed by atoms with Crippen molar-refractivity contribution in [3.05, 3.63) is 12.7 Å². The number of unbranched alkanes of at least 4 members (excludes halogenated alkanes) is 15. The van der Waals surface area contributed by atoms with Crippen LogP contribution in [-0.4, -0.2) is 48.2 Å². The zero-order valence-corrected chi connectivity index (χ0v) is 19.7. The molecule has 1 heterocycles. The zero-order valence-electron chi connectivity index (χ0n) is 19.7. The van der Waals surface area contributed by atoms with Crippen LogP contribution in [0.3, 0.4) is 0 Å². The predicted octanol–water partition coefficient (Wildman–Crippen LogP) is 7.05. The Labute approximate surface area is 182 Å². The van der Waals surface area contributed by atoms with E-state index in [1.165, 1.54) is 109 Å². The molecule has 1 N–H and O–H groups in total. The lowest BCUT2D eigenvalue weighted by molar-refractivity contribution is -0.835. The molecule has 0 bridgehead atoms. The van der Waals surface area contributed by atoms with E-state index in [-0.39, 0.29) is 6.61 Å². The Morgan fingerprint density at radius 3 is 1.76 bits per heavy atom. The van der Waals surface area contributed by atoms with E-state index >= 15 is 0 Å². The van der Waals surface area contributed by atoms with E-state index < -0.39 is 0 Å². The van der Waals surface area contributed by atoms with Crippen molar-refractivity contribution in [3.8, 4) is 0 Å². The summed E-state index contributed by atoms with van der Waals surface area (Å²) in [5, 5.41) is 9.39. The Morgan fingerprint density at radius 2 is 1.31 bits per heavy atom. The van der Waals surface area contributed by atoms with Crippen LogP contribution in [-0.2, 0) is 0 Å². The third kappa shape index (κ3) is 11.9. The van der Waals surface area contributed by atoms with Crippen molar-refractivity contribution in [1.29, 1.82) is 0 Å². The van der Waals surface area contributed by atoms with Crippen molar-refractivity contribution in [2.24, 2.45) is 4.99 Å². The first-order valence-electron chi connectivity index (χ1n) is 12.9. The van der Waals surface area contributed by atoms with Gasteiger partial charge in [-0.25, -0.2) is 4.99 Å². The molecule has 1 unspecified atom stereocenters. The smallest absolute Gasteiger partial charge is 0.198 e. The molecule has 3 heteroatoms. The Hall–Kier alpha value is -0.670. The van der Waals surface area contributed by atoms with E-state index in [4.69, 9.17) is 4.99 Å². The normalized spacial score (nSPS) is 18.9. The Kier molecular flexibility index (Phi) is 16.5. The average molecular weight is 408 g/mol. The molecule has 0 aromatic heterocycles. The second-order valence-electron chi connectivity index (χ2n) is 9.06. The minimum Gasteiger partial charge on any atom is -0.390 e. The van der Waals surface area contributed by atoms with Crippen LogP contribution < -0.4 is 0 Å². The van der Waals surface area contributed by atoms with Gasteiger partial charge < -0.3 is 5.11 Å². The monoisotopic (exact) mass is 407 g/mol. The van der Waals surface area contributed by atoms with E-state index in [0.717, 1.165) is 37.1 Å². The minimum atomic E-state index is 0.281.